The molecule has 2 aromatic rings. The fourth-order valence-electron chi connectivity index (χ4n) is 2.11. The first-order valence-electron chi connectivity index (χ1n) is 6.21. The summed E-state index contributed by atoms with van der Waals surface area (Å²) in [5, 5.41) is 9.47. The van der Waals surface area contributed by atoms with Gasteiger partial charge in [-0.1, -0.05) is 40.2 Å². The minimum atomic E-state index is -0.835. The molecule has 0 saturated carbocycles. The van der Waals surface area contributed by atoms with Gasteiger partial charge in [-0.3, -0.25) is 4.79 Å². The van der Waals surface area contributed by atoms with Gasteiger partial charge in [0.2, 0.25) is 0 Å². The maximum atomic E-state index is 11.5. The molecule has 0 spiro atoms. The van der Waals surface area contributed by atoms with Crippen LogP contribution in [-0.2, 0) is 11.2 Å². The molecule has 0 aliphatic rings. The molecule has 1 atom stereocenters. The summed E-state index contributed by atoms with van der Waals surface area (Å²) < 4.78 is 6.10. The number of carboxylic acid groups (broad SMARTS) is 1. The van der Waals surface area contributed by atoms with Gasteiger partial charge in [-0.2, -0.15) is 0 Å². The Bertz CT molecular complexity index is 610. The lowest BCUT2D eigenvalue weighted by atomic mass is 9.92. The third-order valence-electron chi connectivity index (χ3n) is 3.12. The molecular weight excluding hydrogens is 320 g/mol. The highest BCUT2D eigenvalue weighted by atomic mass is 79.9. The summed E-state index contributed by atoms with van der Waals surface area (Å²) in [7, 11) is 1.57. The number of aliphatic carboxylic acids is 1. The second-order valence-electron chi connectivity index (χ2n) is 4.50. The van der Waals surface area contributed by atoms with E-state index in [-0.39, 0.29) is 0 Å². The van der Waals surface area contributed by atoms with Crippen molar-refractivity contribution >= 4 is 21.9 Å². The van der Waals surface area contributed by atoms with Crippen LogP contribution >= 0.6 is 15.9 Å². The van der Waals surface area contributed by atoms with Gasteiger partial charge in [-0.25, -0.2) is 0 Å². The quantitative estimate of drug-likeness (QED) is 0.902. The Balaban J connectivity index is 2.29. The highest BCUT2D eigenvalue weighted by Crippen LogP contribution is 2.25. The first-order chi connectivity index (χ1) is 9.60. The molecule has 3 nitrogen and oxygen atoms in total. The van der Waals surface area contributed by atoms with Crippen LogP contribution in [0, 0.1) is 0 Å². The van der Waals surface area contributed by atoms with Crippen LogP contribution in [-0.4, -0.2) is 18.2 Å². The van der Waals surface area contributed by atoms with Gasteiger partial charge in [0.15, 0.2) is 0 Å². The molecule has 1 N–H and O–H groups in total. The molecule has 0 aliphatic heterocycles. The van der Waals surface area contributed by atoms with Crippen LogP contribution in [0.5, 0.6) is 5.75 Å². The zero-order valence-corrected chi connectivity index (χ0v) is 12.6. The molecule has 0 saturated heterocycles. The molecule has 2 rings (SSSR count). The van der Waals surface area contributed by atoms with Gasteiger partial charge in [-0.05, 0) is 41.8 Å². The molecule has 0 aliphatic carbocycles. The number of hydrogen-bond acceptors (Lipinski definition) is 2. The van der Waals surface area contributed by atoms with Gasteiger partial charge >= 0.3 is 5.97 Å². The number of rotatable bonds is 5. The molecule has 0 fully saturated rings. The van der Waals surface area contributed by atoms with Gasteiger partial charge in [0.05, 0.1) is 13.0 Å². The zero-order chi connectivity index (χ0) is 14.5. The Morgan fingerprint density at radius 2 is 2.00 bits per heavy atom. The van der Waals surface area contributed by atoms with E-state index in [9.17, 15) is 9.90 Å². The lowest BCUT2D eigenvalue weighted by Crippen LogP contribution is -2.14. The average molecular weight is 335 g/mol. The molecule has 0 heterocycles. The van der Waals surface area contributed by atoms with Crippen LogP contribution in [0.1, 0.15) is 17.0 Å². The van der Waals surface area contributed by atoms with E-state index in [1.165, 1.54) is 0 Å². The van der Waals surface area contributed by atoms with Crippen molar-refractivity contribution in [3.05, 3.63) is 64.1 Å². The fourth-order valence-corrected chi connectivity index (χ4v) is 2.55. The monoisotopic (exact) mass is 334 g/mol. The Kier molecular flexibility index (Phi) is 4.79. The maximum absolute atomic E-state index is 11.5. The lowest BCUT2D eigenvalue weighted by molar-refractivity contribution is -0.138. The van der Waals surface area contributed by atoms with Crippen molar-refractivity contribution in [1.82, 2.24) is 0 Å². The van der Waals surface area contributed by atoms with E-state index in [2.05, 4.69) is 15.9 Å². The molecule has 104 valence electrons. The number of methoxy groups -OCH3 is 1. The second kappa shape index (κ2) is 6.57. The van der Waals surface area contributed by atoms with Crippen LogP contribution in [0.2, 0.25) is 0 Å². The van der Waals surface area contributed by atoms with E-state index in [0.717, 1.165) is 15.6 Å². The van der Waals surface area contributed by atoms with Crippen molar-refractivity contribution in [1.29, 1.82) is 0 Å². The number of carboxylic acids is 1. The van der Waals surface area contributed by atoms with Crippen LogP contribution in [0.25, 0.3) is 0 Å². The summed E-state index contributed by atoms with van der Waals surface area (Å²) in [6.07, 6.45) is 0.446. The van der Waals surface area contributed by atoms with E-state index < -0.39 is 11.9 Å². The molecule has 0 aromatic heterocycles. The summed E-state index contributed by atoms with van der Waals surface area (Å²) in [6, 6.07) is 14.9. The highest BCUT2D eigenvalue weighted by Gasteiger charge is 2.20. The van der Waals surface area contributed by atoms with Crippen molar-refractivity contribution in [2.75, 3.05) is 7.11 Å². The van der Waals surface area contributed by atoms with E-state index >= 15 is 0 Å². The summed E-state index contributed by atoms with van der Waals surface area (Å²) in [5.41, 5.74) is 1.73. The average Bonchev–Trinajstić information content (AvgIpc) is 2.44. The van der Waals surface area contributed by atoms with Crippen molar-refractivity contribution < 1.29 is 14.6 Å². The van der Waals surface area contributed by atoms with Gasteiger partial charge in [0.1, 0.15) is 5.75 Å². The van der Waals surface area contributed by atoms with Crippen molar-refractivity contribution in [3.8, 4) is 5.75 Å². The maximum Gasteiger partial charge on any atom is 0.311 e. The molecule has 0 radical (unpaired) electrons. The molecule has 20 heavy (non-hydrogen) atoms. The SMILES string of the molecule is COc1cccc(C(Cc2cccc(Br)c2)C(=O)O)c1. The zero-order valence-electron chi connectivity index (χ0n) is 11.0. The van der Waals surface area contributed by atoms with Gasteiger partial charge in [0.25, 0.3) is 0 Å². The second-order valence-corrected chi connectivity index (χ2v) is 5.42. The predicted octanol–water partition coefficient (Wildman–Crippen LogP) is 3.87. The highest BCUT2D eigenvalue weighted by molar-refractivity contribution is 9.10. The molecule has 0 bridgehead atoms. The van der Waals surface area contributed by atoms with Crippen LogP contribution in [0.4, 0.5) is 0 Å². The van der Waals surface area contributed by atoms with Gasteiger partial charge in [-0.15, -0.1) is 0 Å². The third kappa shape index (κ3) is 3.61. The Labute approximate surface area is 126 Å². The number of carbonyl (C=O) groups is 1. The topological polar surface area (TPSA) is 46.5 Å². The molecule has 0 amide bonds. The number of hydrogen-bond donors (Lipinski definition) is 1. The summed E-state index contributed by atoms with van der Waals surface area (Å²) in [4.78, 5) is 11.5. The van der Waals surface area contributed by atoms with Gasteiger partial charge < -0.3 is 9.84 Å². The summed E-state index contributed by atoms with van der Waals surface area (Å²) >= 11 is 3.40. The third-order valence-corrected chi connectivity index (χ3v) is 3.62. The normalized spacial score (nSPS) is 11.9. The number of benzene rings is 2. The fraction of sp³-hybridized carbons (Fsp3) is 0.188. The number of halogens is 1. The first-order valence-corrected chi connectivity index (χ1v) is 7.00. The van der Waals surface area contributed by atoms with Crippen LogP contribution < -0.4 is 4.74 Å². The van der Waals surface area contributed by atoms with Crippen molar-refractivity contribution in [3.63, 3.8) is 0 Å². The van der Waals surface area contributed by atoms with E-state index in [4.69, 9.17) is 4.74 Å². The summed E-state index contributed by atoms with van der Waals surface area (Å²) in [6.45, 7) is 0. The Morgan fingerprint density at radius 1 is 1.25 bits per heavy atom. The predicted molar refractivity (Wildman–Crippen MR) is 81.2 cm³/mol. The van der Waals surface area contributed by atoms with E-state index in [0.29, 0.717) is 12.2 Å². The largest absolute Gasteiger partial charge is 0.497 e. The molecule has 1 unspecified atom stereocenters. The minimum Gasteiger partial charge on any atom is -0.497 e. The van der Waals surface area contributed by atoms with Crippen molar-refractivity contribution in [2.45, 2.75) is 12.3 Å². The molecule has 2 aromatic carbocycles. The van der Waals surface area contributed by atoms with Crippen molar-refractivity contribution in [2.24, 2.45) is 0 Å². The van der Waals surface area contributed by atoms with E-state index in [1.54, 1.807) is 13.2 Å². The van der Waals surface area contributed by atoms with Crippen LogP contribution in [0.3, 0.4) is 0 Å². The van der Waals surface area contributed by atoms with Crippen LogP contribution in [0.15, 0.2) is 53.0 Å². The minimum absolute atomic E-state index is 0.446. The Hall–Kier alpha value is -1.81. The lowest BCUT2D eigenvalue weighted by Gasteiger charge is -2.14. The molecule has 4 heteroatoms. The smallest absolute Gasteiger partial charge is 0.311 e. The first kappa shape index (κ1) is 14.6. The summed E-state index contributed by atoms with van der Waals surface area (Å²) in [5.74, 6) is -0.749. The van der Waals surface area contributed by atoms with E-state index in [1.807, 2.05) is 42.5 Å². The standard InChI is InChI=1S/C16H15BrO3/c1-20-14-7-3-5-12(10-14)15(16(18)19)9-11-4-2-6-13(17)8-11/h2-8,10,15H,9H2,1H3,(H,18,19). The van der Waals surface area contributed by atoms with Gasteiger partial charge in [0, 0.05) is 4.47 Å². The molecular formula is C16H15BrO3. The number of ether oxygens (including phenoxy) is 1. The Morgan fingerprint density at radius 3 is 2.65 bits per heavy atom.